The van der Waals surface area contributed by atoms with Crippen LogP contribution >= 0.6 is 43.3 Å². The van der Waals surface area contributed by atoms with Crippen molar-refractivity contribution in [3.63, 3.8) is 0 Å². The van der Waals surface area contributed by atoms with E-state index in [-0.39, 0.29) is 12.0 Å². The van der Waals surface area contributed by atoms with Crippen LogP contribution in [0.1, 0.15) is 20.8 Å². The van der Waals surface area contributed by atoms with Crippen molar-refractivity contribution in [2.45, 2.75) is 32.9 Å². The zero-order chi connectivity index (χ0) is 19.5. The molecule has 0 radical (unpaired) electrons. The van der Waals surface area contributed by atoms with Crippen LogP contribution in [-0.2, 0) is 14.1 Å². The Bertz CT molecular complexity index is 734. The standard InChI is InChI=1S/C16H22ClN2O4PS2/c1-10(2)14-9-26-16(25)19(14)24(21,18-11(3)15(20)22-4)23-13-7-5-6-12(17)8-13/h5-8,10-11,14H,9H2,1-4H3,(H,18,21)/t11-,14+,24?/m0/s1. The van der Waals surface area contributed by atoms with Gasteiger partial charge in [-0.2, -0.15) is 0 Å². The van der Waals surface area contributed by atoms with Crippen LogP contribution in [0, 0.1) is 5.92 Å². The molecule has 1 N–H and O–H groups in total. The molecule has 3 atom stereocenters. The number of thiocarbonyl (C=S) groups is 1. The van der Waals surface area contributed by atoms with Crippen LogP contribution in [0.25, 0.3) is 0 Å². The quantitative estimate of drug-likeness (QED) is 0.384. The molecule has 1 aromatic carbocycles. The first-order chi connectivity index (χ1) is 12.2. The van der Waals surface area contributed by atoms with E-state index in [2.05, 4.69) is 5.09 Å². The maximum Gasteiger partial charge on any atom is 0.421 e. The number of halogens is 1. The van der Waals surface area contributed by atoms with Crippen molar-refractivity contribution in [1.82, 2.24) is 9.76 Å². The number of nitrogens with one attached hydrogen (secondary N) is 1. The third-order valence-corrected chi connectivity index (χ3v) is 8.11. The van der Waals surface area contributed by atoms with E-state index in [1.807, 2.05) is 13.8 Å². The van der Waals surface area contributed by atoms with Gasteiger partial charge in [0.15, 0.2) is 0 Å². The minimum absolute atomic E-state index is 0.0881. The summed E-state index contributed by atoms with van der Waals surface area (Å²) in [5.74, 6) is 0.675. The summed E-state index contributed by atoms with van der Waals surface area (Å²) in [5, 5.41) is 3.26. The molecule has 144 valence electrons. The van der Waals surface area contributed by atoms with Gasteiger partial charge in [-0.15, -0.1) is 0 Å². The highest BCUT2D eigenvalue weighted by Gasteiger charge is 2.47. The van der Waals surface area contributed by atoms with Gasteiger partial charge >= 0.3 is 13.6 Å². The van der Waals surface area contributed by atoms with E-state index < -0.39 is 19.7 Å². The zero-order valence-electron chi connectivity index (χ0n) is 15.0. The first-order valence-electron chi connectivity index (χ1n) is 8.05. The Hall–Kier alpha value is -0.790. The van der Waals surface area contributed by atoms with E-state index in [1.165, 1.54) is 18.9 Å². The number of thioether (sulfide) groups is 1. The Labute approximate surface area is 168 Å². The van der Waals surface area contributed by atoms with E-state index in [4.69, 9.17) is 33.1 Å². The van der Waals surface area contributed by atoms with Gasteiger partial charge in [-0.1, -0.05) is 55.5 Å². The van der Waals surface area contributed by atoms with Gasteiger partial charge < -0.3 is 9.26 Å². The second-order valence-corrected chi connectivity index (χ2v) is 10.2. The summed E-state index contributed by atoms with van der Waals surface area (Å²) in [4.78, 5) is 11.9. The largest absolute Gasteiger partial charge is 0.468 e. The normalized spacial score (nSPS) is 20.8. The van der Waals surface area contributed by atoms with Crippen LogP contribution in [0.4, 0.5) is 0 Å². The van der Waals surface area contributed by atoms with Gasteiger partial charge in [0, 0.05) is 10.8 Å². The van der Waals surface area contributed by atoms with Crippen molar-refractivity contribution in [3.05, 3.63) is 29.3 Å². The molecule has 1 aliphatic heterocycles. The molecule has 1 heterocycles. The van der Waals surface area contributed by atoms with E-state index >= 15 is 0 Å². The van der Waals surface area contributed by atoms with Gasteiger partial charge in [0.25, 0.3) is 0 Å². The van der Waals surface area contributed by atoms with Gasteiger partial charge in [0.2, 0.25) is 0 Å². The lowest BCUT2D eigenvalue weighted by Gasteiger charge is -2.35. The molecule has 0 spiro atoms. The van der Waals surface area contributed by atoms with Crippen molar-refractivity contribution in [2.75, 3.05) is 12.9 Å². The number of ether oxygens (including phenoxy) is 1. The summed E-state index contributed by atoms with van der Waals surface area (Å²) in [6.45, 7) is 5.62. The number of carbonyl (C=O) groups excluding carboxylic acids is 1. The number of hydrogen-bond acceptors (Lipinski definition) is 6. The molecule has 1 aliphatic rings. The number of nitrogens with zero attached hydrogens (tertiary/aromatic N) is 1. The topological polar surface area (TPSA) is 67.9 Å². The molecule has 1 fully saturated rings. The first kappa shape index (κ1) is 21.5. The second kappa shape index (κ2) is 8.93. The average molecular weight is 437 g/mol. The van der Waals surface area contributed by atoms with E-state index in [0.717, 1.165) is 0 Å². The Morgan fingerprint density at radius 1 is 1.46 bits per heavy atom. The summed E-state index contributed by atoms with van der Waals surface area (Å²) in [6, 6.07) is 5.68. The average Bonchev–Trinajstić information content (AvgIpc) is 2.96. The first-order valence-corrected chi connectivity index (χ1v) is 11.4. The van der Waals surface area contributed by atoms with E-state index in [1.54, 1.807) is 35.9 Å². The summed E-state index contributed by atoms with van der Waals surface area (Å²) in [6.07, 6.45) is 0. The van der Waals surface area contributed by atoms with Crippen molar-refractivity contribution in [1.29, 1.82) is 0 Å². The third kappa shape index (κ3) is 4.93. The molecule has 2 rings (SSSR count). The maximum absolute atomic E-state index is 13.9. The van der Waals surface area contributed by atoms with Gasteiger partial charge in [-0.05, 0) is 31.0 Å². The molecule has 1 saturated heterocycles. The number of carbonyl (C=O) groups is 1. The Kier molecular flexibility index (Phi) is 7.39. The minimum atomic E-state index is -3.74. The lowest BCUT2D eigenvalue weighted by Crippen LogP contribution is -2.44. The highest BCUT2D eigenvalue weighted by atomic mass is 35.5. The molecule has 0 aliphatic carbocycles. The number of esters is 1. The van der Waals surface area contributed by atoms with Crippen LogP contribution in [0.3, 0.4) is 0 Å². The summed E-state index contributed by atoms with van der Waals surface area (Å²) >= 11 is 12.9. The molecule has 26 heavy (non-hydrogen) atoms. The molecule has 0 bridgehead atoms. The SMILES string of the molecule is COC(=O)[C@H](C)NP(=O)(Oc1cccc(Cl)c1)N1C(=S)SC[C@@H]1C(C)C. The van der Waals surface area contributed by atoms with Crippen molar-refractivity contribution in [2.24, 2.45) is 5.92 Å². The lowest BCUT2D eigenvalue weighted by atomic mass is 10.1. The predicted molar refractivity (Wildman–Crippen MR) is 110 cm³/mol. The third-order valence-electron chi connectivity index (χ3n) is 3.87. The number of benzene rings is 1. The van der Waals surface area contributed by atoms with Crippen LogP contribution in [0.2, 0.25) is 5.02 Å². The van der Waals surface area contributed by atoms with Crippen LogP contribution in [0.15, 0.2) is 24.3 Å². The Morgan fingerprint density at radius 3 is 2.73 bits per heavy atom. The van der Waals surface area contributed by atoms with Gasteiger partial charge in [-0.3, -0.25) is 9.46 Å². The summed E-state index contributed by atoms with van der Waals surface area (Å²) in [7, 11) is -2.46. The second-order valence-electron chi connectivity index (χ2n) is 6.18. The molecule has 1 unspecified atom stereocenters. The van der Waals surface area contributed by atoms with Gasteiger partial charge in [0.1, 0.15) is 16.1 Å². The van der Waals surface area contributed by atoms with Crippen LogP contribution < -0.4 is 9.61 Å². The van der Waals surface area contributed by atoms with Crippen molar-refractivity contribution in [3.8, 4) is 5.75 Å². The zero-order valence-corrected chi connectivity index (χ0v) is 18.3. The molecule has 0 amide bonds. The lowest BCUT2D eigenvalue weighted by molar-refractivity contribution is -0.142. The molecule has 0 aromatic heterocycles. The predicted octanol–water partition coefficient (Wildman–Crippen LogP) is 4.34. The van der Waals surface area contributed by atoms with Crippen LogP contribution in [0.5, 0.6) is 5.75 Å². The molecule has 0 saturated carbocycles. The van der Waals surface area contributed by atoms with Crippen molar-refractivity contribution >= 4 is 53.5 Å². The Balaban J connectivity index is 2.41. The molecular formula is C16H22ClN2O4PS2. The number of rotatable bonds is 7. The molecular weight excluding hydrogens is 415 g/mol. The molecule has 10 heteroatoms. The van der Waals surface area contributed by atoms with Crippen LogP contribution in [-0.4, -0.2) is 39.9 Å². The highest BCUT2D eigenvalue weighted by Crippen LogP contribution is 2.54. The molecule has 1 aromatic rings. The van der Waals surface area contributed by atoms with Gasteiger partial charge in [0.05, 0.1) is 13.2 Å². The fourth-order valence-electron chi connectivity index (χ4n) is 2.48. The number of methoxy groups -OCH3 is 1. The van der Waals surface area contributed by atoms with Gasteiger partial charge in [-0.25, -0.2) is 9.65 Å². The fourth-order valence-corrected chi connectivity index (χ4v) is 7.26. The minimum Gasteiger partial charge on any atom is -0.468 e. The fraction of sp³-hybridized carbons (Fsp3) is 0.500. The Morgan fingerprint density at radius 2 is 2.15 bits per heavy atom. The van der Waals surface area contributed by atoms with Crippen molar-refractivity contribution < 1.29 is 18.6 Å². The summed E-state index contributed by atoms with van der Waals surface area (Å²) < 4.78 is 26.6. The van der Waals surface area contributed by atoms with E-state index in [9.17, 15) is 9.36 Å². The maximum atomic E-state index is 13.9. The monoisotopic (exact) mass is 436 g/mol. The molecule has 6 nitrogen and oxygen atoms in total. The summed E-state index contributed by atoms with van der Waals surface area (Å²) in [5.41, 5.74) is 0. The highest BCUT2D eigenvalue weighted by molar-refractivity contribution is 8.23. The smallest absolute Gasteiger partial charge is 0.421 e. The van der Waals surface area contributed by atoms with E-state index in [0.29, 0.717) is 20.8 Å². The number of hydrogen-bond donors (Lipinski definition) is 1.